The molecule has 4 rings (SSSR count). The van der Waals surface area contributed by atoms with Crippen LogP contribution in [0, 0.1) is 19.3 Å². The first-order chi connectivity index (χ1) is 11.5. The van der Waals surface area contributed by atoms with E-state index in [-0.39, 0.29) is 0 Å². The van der Waals surface area contributed by atoms with Crippen molar-refractivity contribution >= 4 is 10.9 Å². The lowest BCUT2D eigenvalue weighted by molar-refractivity contribution is -0.0586. The Labute approximate surface area is 144 Å². The van der Waals surface area contributed by atoms with Gasteiger partial charge in [0.15, 0.2) is 0 Å². The summed E-state index contributed by atoms with van der Waals surface area (Å²) < 4.78 is 0. The molecular weight excluding hydrogens is 292 g/mol. The van der Waals surface area contributed by atoms with E-state index < -0.39 is 0 Å². The van der Waals surface area contributed by atoms with E-state index in [0.717, 1.165) is 13.1 Å². The second-order valence-electron chi connectivity index (χ2n) is 7.96. The van der Waals surface area contributed by atoms with E-state index in [9.17, 15) is 0 Å². The number of fused-ring (bicyclic) bond motifs is 1. The van der Waals surface area contributed by atoms with Gasteiger partial charge in [0.05, 0.1) is 0 Å². The molecule has 1 aromatic heterocycles. The second kappa shape index (κ2) is 5.49. The van der Waals surface area contributed by atoms with Crippen LogP contribution in [0.2, 0.25) is 0 Å². The molecule has 2 aromatic carbocycles. The van der Waals surface area contributed by atoms with Crippen LogP contribution in [0.5, 0.6) is 0 Å². The molecule has 0 radical (unpaired) electrons. The van der Waals surface area contributed by atoms with Crippen molar-refractivity contribution in [1.82, 2.24) is 9.88 Å². The summed E-state index contributed by atoms with van der Waals surface area (Å²) in [5.74, 6) is 0. The molecule has 0 spiro atoms. The second-order valence-corrected chi connectivity index (χ2v) is 7.96. The Kier molecular flexibility index (Phi) is 3.54. The van der Waals surface area contributed by atoms with Gasteiger partial charge in [-0.25, -0.2) is 0 Å². The molecule has 3 aromatic rings. The lowest BCUT2D eigenvalue weighted by Crippen LogP contribution is -2.54. The molecule has 24 heavy (non-hydrogen) atoms. The number of likely N-dealkylation sites (tertiary alicyclic amines) is 1. The van der Waals surface area contributed by atoms with Crippen LogP contribution in [0.15, 0.2) is 48.7 Å². The van der Waals surface area contributed by atoms with E-state index in [1.165, 1.54) is 33.2 Å². The van der Waals surface area contributed by atoms with Crippen LogP contribution in [-0.2, 0) is 6.54 Å². The van der Waals surface area contributed by atoms with Gasteiger partial charge in [0.2, 0.25) is 0 Å². The van der Waals surface area contributed by atoms with Gasteiger partial charge in [0.1, 0.15) is 0 Å². The van der Waals surface area contributed by atoms with Gasteiger partial charge >= 0.3 is 0 Å². The van der Waals surface area contributed by atoms with E-state index in [1.807, 2.05) is 0 Å². The van der Waals surface area contributed by atoms with Crippen molar-refractivity contribution in [2.24, 2.45) is 5.41 Å². The first-order valence-corrected chi connectivity index (χ1v) is 8.82. The van der Waals surface area contributed by atoms with Crippen molar-refractivity contribution in [3.63, 3.8) is 0 Å². The third-order valence-electron chi connectivity index (χ3n) is 5.57. The fourth-order valence-corrected chi connectivity index (χ4v) is 4.58. The molecule has 2 heterocycles. The van der Waals surface area contributed by atoms with Gasteiger partial charge in [0, 0.05) is 36.2 Å². The van der Waals surface area contributed by atoms with Gasteiger partial charge in [-0.15, -0.1) is 0 Å². The van der Waals surface area contributed by atoms with Crippen molar-refractivity contribution in [2.75, 3.05) is 6.54 Å². The summed E-state index contributed by atoms with van der Waals surface area (Å²) in [7, 11) is 0. The van der Waals surface area contributed by atoms with Crippen LogP contribution in [0.25, 0.3) is 10.9 Å². The maximum absolute atomic E-state index is 3.41. The Bertz CT molecular complexity index is 874. The zero-order chi connectivity index (χ0) is 16.9. The van der Waals surface area contributed by atoms with Crippen LogP contribution >= 0.6 is 0 Å². The number of H-pyrrole nitrogens is 1. The smallest absolute Gasteiger partial charge is 0.0487 e. The highest BCUT2D eigenvalue weighted by molar-refractivity contribution is 5.87. The maximum Gasteiger partial charge on any atom is 0.0487 e. The summed E-state index contributed by atoms with van der Waals surface area (Å²) in [6.07, 6.45) is 2.06. The van der Waals surface area contributed by atoms with Gasteiger partial charge < -0.3 is 4.98 Å². The number of nitrogens with zero attached hydrogens (tertiary/aromatic N) is 1. The highest BCUT2D eigenvalue weighted by Crippen LogP contribution is 2.49. The van der Waals surface area contributed by atoms with E-state index in [2.05, 4.69) is 86.2 Å². The molecule has 0 aliphatic carbocycles. The Hall–Kier alpha value is -2.06. The first-order valence-electron chi connectivity index (χ1n) is 8.82. The van der Waals surface area contributed by atoms with Crippen LogP contribution in [0.4, 0.5) is 0 Å². The summed E-state index contributed by atoms with van der Waals surface area (Å²) >= 11 is 0. The van der Waals surface area contributed by atoms with Crippen LogP contribution < -0.4 is 0 Å². The topological polar surface area (TPSA) is 19.0 Å². The lowest BCUT2D eigenvalue weighted by Gasteiger charge is -2.55. The number of hydrogen-bond acceptors (Lipinski definition) is 1. The van der Waals surface area contributed by atoms with Gasteiger partial charge in [-0.1, -0.05) is 50.2 Å². The highest BCUT2D eigenvalue weighted by Gasteiger charge is 2.46. The minimum atomic E-state index is 0.331. The van der Waals surface area contributed by atoms with Gasteiger partial charge in [0.25, 0.3) is 0 Å². The highest BCUT2D eigenvalue weighted by atomic mass is 15.2. The molecule has 0 bridgehead atoms. The molecule has 0 amide bonds. The van der Waals surface area contributed by atoms with Crippen molar-refractivity contribution in [2.45, 2.75) is 40.3 Å². The predicted molar refractivity (Wildman–Crippen MR) is 101 cm³/mol. The number of aromatic amines is 1. The zero-order valence-electron chi connectivity index (χ0n) is 15.1. The summed E-state index contributed by atoms with van der Waals surface area (Å²) in [6.45, 7) is 11.4. The third-order valence-corrected chi connectivity index (χ3v) is 5.57. The molecule has 1 fully saturated rings. The predicted octanol–water partition coefficient (Wildman–Crippen LogP) is 5.37. The maximum atomic E-state index is 3.41. The van der Waals surface area contributed by atoms with Crippen molar-refractivity contribution < 1.29 is 0 Å². The Morgan fingerprint density at radius 3 is 2.54 bits per heavy atom. The molecule has 1 aliphatic heterocycles. The van der Waals surface area contributed by atoms with Crippen LogP contribution in [-0.4, -0.2) is 16.4 Å². The van der Waals surface area contributed by atoms with Crippen molar-refractivity contribution in [1.29, 1.82) is 0 Å². The molecule has 1 N–H and O–H groups in total. The summed E-state index contributed by atoms with van der Waals surface area (Å²) in [5.41, 5.74) is 7.25. The average molecular weight is 318 g/mol. The van der Waals surface area contributed by atoms with Gasteiger partial charge in [-0.3, -0.25) is 4.90 Å². The number of rotatable bonds is 3. The SMILES string of the molecule is Cc1cc(C)c2[nH]ccc2c1CN1CC(C)(C)C1c1ccccc1. The molecule has 1 unspecified atom stereocenters. The van der Waals surface area contributed by atoms with Crippen LogP contribution in [0.3, 0.4) is 0 Å². The van der Waals surface area contributed by atoms with Crippen molar-refractivity contribution in [3.05, 3.63) is 70.9 Å². The minimum Gasteiger partial charge on any atom is -0.361 e. The molecular formula is C22H26N2. The molecule has 0 saturated carbocycles. The Morgan fingerprint density at radius 2 is 1.83 bits per heavy atom. The minimum absolute atomic E-state index is 0.331. The first kappa shape index (κ1) is 15.5. The van der Waals surface area contributed by atoms with Crippen molar-refractivity contribution in [3.8, 4) is 0 Å². The fraction of sp³-hybridized carbons (Fsp3) is 0.364. The molecule has 1 saturated heterocycles. The summed E-state index contributed by atoms with van der Waals surface area (Å²) in [5, 5.41) is 1.38. The monoisotopic (exact) mass is 318 g/mol. The van der Waals surface area contributed by atoms with E-state index in [4.69, 9.17) is 0 Å². The Morgan fingerprint density at radius 1 is 1.08 bits per heavy atom. The number of aromatic nitrogens is 1. The van der Waals surface area contributed by atoms with Crippen LogP contribution in [0.1, 0.15) is 42.1 Å². The number of nitrogens with one attached hydrogen (secondary N) is 1. The number of benzene rings is 2. The summed E-state index contributed by atoms with van der Waals surface area (Å²) in [6, 6.07) is 16.0. The quantitative estimate of drug-likeness (QED) is 0.688. The molecule has 2 heteroatoms. The number of hydrogen-bond donors (Lipinski definition) is 1. The molecule has 1 aliphatic rings. The Balaban J connectivity index is 1.70. The van der Waals surface area contributed by atoms with Gasteiger partial charge in [-0.2, -0.15) is 0 Å². The summed E-state index contributed by atoms with van der Waals surface area (Å²) in [4.78, 5) is 6.03. The normalized spacial score (nSPS) is 20.2. The zero-order valence-corrected chi connectivity index (χ0v) is 15.1. The fourth-order valence-electron chi connectivity index (χ4n) is 4.58. The van der Waals surface area contributed by atoms with E-state index in [0.29, 0.717) is 11.5 Å². The lowest BCUT2D eigenvalue weighted by atomic mass is 9.71. The molecule has 1 atom stereocenters. The van der Waals surface area contributed by atoms with E-state index >= 15 is 0 Å². The number of aryl methyl sites for hydroxylation is 2. The average Bonchev–Trinajstić information content (AvgIpc) is 3.01. The van der Waals surface area contributed by atoms with Gasteiger partial charge in [-0.05, 0) is 47.6 Å². The van der Waals surface area contributed by atoms with E-state index in [1.54, 1.807) is 0 Å². The molecule has 2 nitrogen and oxygen atoms in total. The largest absolute Gasteiger partial charge is 0.361 e. The standard InChI is InChI=1S/C22H26N2/c1-15-12-16(2)20-18(10-11-23-20)19(15)13-24-14-22(3,4)21(24)17-8-6-5-7-9-17/h5-12,21,23H,13-14H2,1-4H3. The molecule has 124 valence electrons. The third kappa shape index (κ3) is 2.37.